The summed E-state index contributed by atoms with van der Waals surface area (Å²) in [7, 11) is -3.69. The van der Waals surface area contributed by atoms with E-state index in [2.05, 4.69) is 9.97 Å². The summed E-state index contributed by atoms with van der Waals surface area (Å²) >= 11 is 0. The molecule has 1 aliphatic carbocycles. The van der Waals surface area contributed by atoms with E-state index in [1.165, 1.54) is 34.1 Å². The van der Waals surface area contributed by atoms with Gasteiger partial charge in [-0.1, -0.05) is 6.07 Å². The lowest BCUT2D eigenvalue weighted by Gasteiger charge is -2.27. The maximum absolute atomic E-state index is 13.2. The van der Waals surface area contributed by atoms with Gasteiger partial charge < -0.3 is 4.98 Å². The number of aromatic amines is 1. The van der Waals surface area contributed by atoms with Crippen molar-refractivity contribution in [2.45, 2.75) is 37.1 Å². The van der Waals surface area contributed by atoms with Gasteiger partial charge in [0.05, 0.1) is 17.1 Å². The highest BCUT2D eigenvalue weighted by molar-refractivity contribution is 7.89. The van der Waals surface area contributed by atoms with Crippen LogP contribution < -0.4 is 5.56 Å². The Morgan fingerprint density at radius 2 is 1.77 bits per heavy atom. The lowest BCUT2D eigenvalue weighted by Crippen LogP contribution is -2.39. The quantitative estimate of drug-likeness (QED) is 0.700. The van der Waals surface area contributed by atoms with Gasteiger partial charge in [0.25, 0.3) is 5.56 Å². The molecule has 30 heavy (non-hydrogen) atoms. The molecule has 0 radical (unpaired) electrons. The van der Waals surface area contributed by atoms with Crippen LogP contribution in [0.1, 0.15) is 28.8 Å². The Morgan fingerprint density at radius 1 is 1.00 bits per heavy atom. The summed E-state index contributed by atoms with van der Waals surface area (Å²) < 4.78 is 41.1. The van der Waals surface area contributed by atoms with E-state index in [0.717, 1.165) is 24.8 Å². The van der Waals surface area contributed by atoms with Crippen molar-refractivity contribution in [3.63, 3.8) is 0 Å². The minimum absolute atomic E-state index is 0.0346. The van der Waals surface area contributed by atoms with E-state index < -0.39 is 10.0 Å². The molecule has 154 valence electrons. The number of sulfonamides is 1. The van der Waals surface area contributed by atoms with Gasteiger partial charge in [0.2, 0.25) is 10.0 Å². The molecular formula is C22H20FN3O3S. The summed E-state index contributed by atoms with van der Waals surface area (Å²) in [5.41, 5.74) is 3.54. The van der Waals surface area contributed by atoms with Crippen molar-refractivity contribution in [1.82, 2.24) is 14.3 Å². The van der Waals surface area contributed by atoms with Crippen LogP contribution in [0.15, 0.2) is 52.2 Å². The number of nitrogens with zero attached hydrogens (tertiary/aromatic N) is 2. The lowest BCUT2D eigenvalue weighted by atomic mass is 10.1. The Hall–Kier alpha value is -2.84. The fourth-order valence-electron chi connectivity index (χ4n) is 4.22. The first-order chi connectivity index (χ1) is 14.4. The number of aryl methyl sites for hydroxylation is 2. The second kappa shape index (κ2) is 7.14. The third-order valence-corrected chi connectivity index (χ3v) is 7.71. The molecule has 1 aromatic heterocycles. The molecule has 0 amide bonds. The molecule has 5 rings (SSSR count). The minimum Gasteiger partial charge on any atom is -0.306 e. The van der Waals surface area contributed by atoms with Crippen LogP contribution in [0, 0.1) is 5.82 Å². The number of fused-ring (bicyclic) bond motifs is 2. The van der Waals surface area contributed by atoms with Gasteiger partial charge in [0.15, 0.2) is 0 Å². The Labute approximate surface area is 173 Å². The number of H-pyrrole nitrogens is 1. The fraction of sp³-hybridized carbons (Fsp3) is 0.273. The lowest BCUT2D eigenvalue weighted by molar-refractivity contribution is 0.383. The van der Waals surface area contributed by atoms with Gasteiger partial charge in [0.1, 0.15) is 11.6 Å². The summed E-state index contributed by atoms with van der Waals surface area (Å²) in [5, 5.41) is 0. The molecule has 1 N–H and O–H groups in total. The van der Waals surface area contributed by atoms with Gasteiger partial charge >= 0.3 is 0 Å². The number of halogens is 1. The first kappa shape index (κ1) is 19.1. The zero-order chi connectivity index (χ0) is 20.9. The standard InChI is InChI=1S/C22H20FN3O3S/c23-17-7-4-15(5-8-17)21-24-20-13-26(11-10-19(20)22(27)25-21)30(28,29)18-9-6-14-2-1-3-16(14)12-18/h4-9,12H,1-3,10-11,13H2,(H,24,25,27). The van der Waals surface area contributed by atoms with Crippen LogP contribution in [0.3, 0.4) is 0 Å². The topological polar surface area (TPSA) is 83.1 Å². The summed E-state index contributed by atoms with van der Waals surface area (Å²) in [5.74, 6) is -0.0822. The van der Waals surface area contributed by atoms with E-state index in [1.54, 1.807) is 12.1 Å². The monoisotopic (exact) mass is 425 g/mol. The molecule has 0 saturated heterocycles. The normalized spacial score (nSPS) is 16.3. The predicted octanol–water partition coefficient (Wildman–Crippen LogP) is 2.81. The SMILES string of the molecule is O=c1[nH]c(-c2ccc(F)cc2)nc2c1CCN(S(=O)(=O)c1ccc3c(c1)CCC3)C2. The molecule has 3 aromatic rings. The van der Waals surface area contributed by atoms with Crippen molar-refractivity contribution in [3.05, 3.63) is 81.0 Å². The highest BCUT2D eigenvalue weighted by atomic mass is 32.2. The Bertz CT molecular complexity index is 1300. The Morgan fingerprint density at radius 3 is 2.57 bits per heavy atom. The second-order valence-corrected chi connectivity index (χ2v) is 9.66. The number of hydrogen-bond donors (Lipinski definition) is 1. The van der Waals surface area contributed by atoms with Gasteiger partial charge in [0, 0.05) is 17.7 Å². The molecule has 0 fully saturated rings. The maximum Gasteiger partial charge on any atom is 0.254 e. The molecule has 0 unspecified atom stereocenters. The van der Waals surface area contributed by atoms with Crippen LogP contribution in [0.5, 0.6) is 0 Å². The van der Waals surface area contributed by atoms with Crippen LogP contribution >= 0.6 is 0 Å². The van der Waals surface area contributed by atoms with E-state index in [-0.39, 0.29) is 29.4 Å². The number of rotatable bonds is 3. The van der Waals surface area contributed by atoms with Crippen molar-refractivity contribution < 1.29 is 12.8 Å². The Balaban J connectivity index is 1.49. The summed E-state index contributed by atoms with van der Waals surface area (Å²) in [6, 6.07) is 11.0. The number of nitrogens with one attached hydrogen (secondary N) is 1. The fourth-order valence-corrected chi connectivity index (χ4v) is 5.68. The van der Waals surface area contributed by atoms with Crippen molar-refractivity contribution in [2.75, 3.05) is 6.54 Å². The van der Waals surface area contributed by atoms with Gasteiger partial charge in [-0.05, 0) is 73.2 Å². The van der Waals surface area contributed by atoms with Gasteiger partial charge in [-0.2, -0.15) is 4.31 Å². The highest BCUT2D eigenvalue weighted by Crippen LogP contribution is 2.28. The number of aromatic nitrogens is 2. The average molecular weight is 425 g/mol. The zero-order valence-electron chi connectivity index (χ0n) is 16.2. The largest absolute Gasteiger partial charge is 0.306 e. The van der Waals surface area contributed by atoms with Crippen molar-refractivity contribution in [2.24, 2.45) is 0 Å². The highest BCUT2D eigenvalue weighted by Gasteiger charge is 2.31. The first-order valence-corrected chi connectivity index (χ1v) is 11.4. The molecule has 6 nitrogen and oxygen atoms in total. The molecular weight excluding hydrogens is 405 g/mol. The third-order valence-electron chi connectivity index (χ3n) is 5.86. The van der Waals surface area contributed by atoms with Crippen molar-refractivity contribution in [3.8, 4) is 11.4 Å². The molecule has 0 bridgehead atoms. The molecule has 8 heteroatoms. The molecule has 0 saturated carbocycles. The van der Waals surface area contributed by atoms with Gasteiger partial charge in [-0.15, -0.1) is 0 Å². The summed E-state index contributed by atoms with van der Waals surface area (Å²) in [6.45, 7) is 0.264. The van der Waals surface area contributed by atoms with Gasteiger partial charge in [-0.25, -0.2) is 17.8 Å². The van der Waals surface area contributed by atoms with E-state index >= 15 is 0 Å². The summed E-state index contributed by atoms with van der Waals surface area (Å²) in [4.78, 5) is 20.1. The zero-order valence-corrected chi connectivity index (χ0v) is 17.0. The minimum atomic E-state index is -3.69. The van der Waals surface area contributed by atoms with Crippen LogP contribution in [0.2, 0.25) is 0 Å². The van der Waals surface area contributed by atoms with E-state index in [4.69, 9.17) is 0 Å². The molecule has 2 aliphatic rings. The molecule has 2 aromatic carbocycles. The Kier molecular flexibility index (Phi) is 4.56. The molecule has 0 spiro atoms. The van der Waals surface area contributed by atoms with Gasteiger partial charge in [-0.3, -0.25) is 4.79 Å². The molecule has 0 atom stereocenters. The van der Waals surface area contributed by atoms with Crippen LogP contribution in [0.25, 0.3) is 11.4 Å². The first-order valence-electron chi connectivity index (χ1n) is 9.92. The smallest absolute Gasteiger partial charge is 0.254 e. The summed E-state index contributed by atoms with van der Waals surface area (Å²) in [6.07, 6.45) is 3.24. The van der Waals surface area contributed by atoms with Crippen LogP contribution in [-0.4, -0.2) is 29.2 Å². The second-order valence-electron chi connectivity index (χ2n) is 7.72. The molecule has 2 heterocycles. The van der Waals surface area contributed by atoms with E-state index in [9.17, 15) is 17.6 Å². The van der Waals surface area contributed by atoms with E-state index in [0.29, 0.717) is 29.1 Å². The molecule has 1 aliphatic heterocycles. The van der Waals surface area contributed by atoms with Crippen LogP contribution in [0.4, 0.5) is 4.39 Å². The van der Waals surface area contributed by atoms with Crippen LogP contribution in [-0.2, 0) is 35.8 Å². The van der Waals surface area contributed by atoms with Crippen molar-refractivity contribution >= 4 is 10.0 Å². The maximum atomic E-state index is 13.2. The average Bonchev–Trinajstić information content (AvgIpc) is 3.22. The third kappa shape index (κ3) is 3.26. The van der Waals surface area contributed by atoms with Crippen molar-refractivity contribution in [1.29, 1.82) is 0 Å². The number of benzene rings is 2. The van der Waals surface area contributed by atoms with E-state index in [1.807, 2.05) is 6.07 Å². The predicted molar refractivity (Wildman–Crippen MR) is 110 cm³/mol. The number of hydrogen-bond acceptors (Lipinski definition) is 4.